The molecule has 17 heavy (non-hydrogen) atoms. The molecular weight excluding hydrogens is 212 g/mol. The number of hydrogen-bond acceptors (Lipinski definition) is 4. The Hall–Kier alpha value is -1.16. The molecule has 1 atom stereocenters. The summed E-state index contributed by atoms with van der Waals surface area (Å²) in [7, 11) is 1.92. The van der Waals surface area contributed by atoms with E-state index >= 15 is 0 Å². The van der Waals surface area contributed by atoms with Gasteiger partial charge in [0.05, 0.1) is 18.1 Å². The number of rotatable bonds is 5. The Kier molecular flexibility index (Phi) is 4.31. The van der Waals surface area contributed by atoms with Gasteiger partial charge in [0.25, 0.3) is 0 Å². The van der Waals surface area contributed by atoms with Crippen LogP contribution in [0.15, 0.2) is 12.4 Å². The summed E-state index contributed by atoms with van der Waals surface area (Å²) in [5.74, 6) is 1.88. The van der Waals surface area contributed by atoms with Gasteiger partial charge >= 0.3 is 0 Å². The molecule has 0 bridgehead atoms. The van der Waals surface area contributed by atoms with Gasteiger partial charge in [-0.3, -0.25) is 4.98 Å². The topological polar surface area (TPSA) is 41.1 Å². The molecule has 0 amide bonds. The van der Waals surface area contributed by atoms with E-state index < -0.39 is 0 Å². The van der Waals surface area contributed by atoms with Crippen molar-refractivity contribution in [3.05, 3.63) is 18.1 Å². The Labute approximate surface area is 103 Å². The molecule has 1 aromatic heterocycles. The lowest BCUT2D eigenvalue weighted by Gasteiger charge is -2.17. The number of nitrogens with one attached hydrogen (secondary N) is 1. The lowest BCUT2D eigenvalue weighted by molar-refractivity contribution is 0.529. The van der Waals surface area contributed by atoms with E-state index in [9.17, 15) is 0 Å². The molecule has 4 heteroatoms. The van der Waals surface area contributed by atoms with Gasteiger partial charge in [0.1, 0.15) is 5.82 Å². The van der Waals surface area contributed by atoms with Crippen LogP contribution in [0, 0.1) is 5.92 Å². The fourth-order valence-electron chi connectivity index (χ4n) is 2.47. The first-order valence-corrected chi connectivity index (χ1v) is 6.54. The van der Waals surface area contributed by atoms with Crippen LogP contribution in [-0.4, -0.2) is 30.1 Å². The minimum Gasteiger partial charge on any atom is -0.355 e. The van der Waals surface area contributed by atoms with Gasteiger partial charge in [-0.1, -0.05) is 13.3 Å². The molecule has 4 nitrogen and oxygen atoms in total. The summed E-state index contributed by atoms with van der Waals surface area (Å²) in [5.41, 5.74) is 1.00. The molecule has 1 saturated heterocycles. The van der Waals surface area contributed by atoms with Crippen molar-refractivity contribution < 1.29 is 0 Å². The van der Waals surface area contributed by atoms with Crippen molar-refractivity contribution in [1.29, 1.82) is 0 Å². The molecule has 1 aliphatic heterocycles. The van der Waals surface area contributed by atoms with Crippen LogP contribution in [0.5, 0.6) is 0 Å². The van der Waals surface area contributed by atoms with Gasteiger partial charge in [0, 0.05) is 19.6 Å². The molecular formula is C13H22N4. The van der Waals surface area contributed by atoms with E-state index in [-0.39, 0.29) is 0 Å². The minimum absolute atomic E-state index is 0.783. The lowest BCUT2D eigenvalue weighted by atomic mass is 10.0. The molecule has 0 spiro atoms. The standard InChI is InChI=1S/C13H22N4/c1-3-4-11-5-6-17(10-11)13-9-15-12(7-14-2)8-16-13/h8-9,11,14H,3-7,10H2,1-2H3. The quantitative estimate of drug-likeness (QED) is 0.844. The second kappa shape index (κ2) is 5.96. The van der Waals surface area contributed by atoms with Crippen molar-refractivity contribution in [1.82, 2.24) is 15.3 Å². The van der Waals surface area contributed by atoms with Crippen LogP contribution >= 0.6 is 0 Å². The Bertz CT molecular complexity index is 336. The van der Waals surface area contributed by atoms with Crippen molar-refractivity contribution in [2.75, 3.05) is 25.0 Å². The van der Waals surface area contributed by atoms with Crippen LogP contribution in [0.1, 0.15) is 31.9 Å². The van der Waals surface area contributed by atoms with Gasteiger partial charge < -0.3 is 10.2 Å². The van der Waals surface area contributed by atoms with Crippen molar-refractivity contribution in [2.45, 2.75) is 32.7 Å². The zero-order valence-electron chi connectivity index (χ0n) is 10.8. The van der Waals surface area contributed by atoms with Gasteiger partial charge in [-0.2, -0.15) is 0 Å². The summed E-state index contributed by atoms with van der Waals surface area (Å²) >= 11 is 0. The molecule has 0 aromatic carbocycles. The lowest BCUT2D eigenvalue weighted by Crippen LogP contribution is -2.21. The third-order valence-electron chi connectivity index (χ3n) is 3.36. The maximum atomic E-state index is 4.50. The van der Waals surface area contributed by atoms with E-state index in [2.05, 4.69) is 27.1 Å². The van der Waals surface area contributed by atoms with Crippen molar-refractivity contribution >= 4 is 5.82 Å². The molecule has 1 aromatic rings. The summed E-state index contributed by atoms with van der Waals surface area (Å²) in [6.45, 7) is 5.32. The van der Waals surface area contributed by atoms with Crippen LogP contribution in [-0.2, 0) is 6.54 Å². The predicted octanol–water partition coefficient (Wildman–Crippen LogP) is 1.82. The smallest absolute Gasteiger partial charge is 0.147 e. The Balaban J connectivity index is 1.94. The van der Waals surface area contributed by atoms with E-state index in [0.29, 0.717) is 0 Å². The summed E-state index contributed by atoms with van der Waals surface area (Å²) in [4.78, 5) is 11.3. The van der Waals surface area contributed by atoms with Gasteiger partial charge in [-0.25, -0.2) is 4.98 Å². The van der Waals surface area contributed by atoms with E-state index in [4.69, 9.17) is 0 Å². The van der Waals surface area contributed by atoms with E-state index in [1.54, 1.807) is 0 Å². The predicted molar refractivity (Wildman–Crippen MR) is 70.0 cm³/mol. The third-order valence-corrected chi connectivity index (χ3v) is 3.36. The second-order valence-corrected chi connectivity index (χ2v) is 4.79. The van der Waals surface area contributed by atoms with Crippen LogP contribution in [0.3, 0.4) is 0 Å². The van der Waals surface area contributed by atoms with Gasteiger partial charge in [-0.15, -0.1) is 0 Å². The maximum Gasteiger partial charge on any atom is 0.147 e. The van der Waals surface area contributed by atoms with Gasteiger partial charge in [-0.05, 0) is 25.8 Å². The molecule has 0 saturated carbocycles. The van der Waals surface area contributed by atoms with Gasteiger partial charge in [0.2, 0.25) is 0 Å². The Morgan fingerprint density at radius 2 is 2.29 bits per heavy atom. The van der Waals surface area contributed by atoms with Crippen molar-refractivity contribution in [2.24, 2.45) is 5.92 Å². The highest BCUT2D eigenvalue weighted by Gasteiger charge is 2.22. The minimum atomic E-state index is 0.783. The highest BCUT2D eigenvalue weighted by atomic mass is 15.2. The molecule has 1 unspecified atom stereocenters. The third kappa shape index (κ3) is 3.16. The molecule has 2 rings (SSSR count). The molecule has 0 radical (unpaired) electrons. The molecule has 1 aliphatic rings. The zero-order chi connectivity index (χ0) is 12.1. The monoisotopic (exact) mass is 234 g/mol. The van der Waals surface area contributed by atoms with E-state index in [0.717, 1.165) is 37.1 Å². The van der Waals surface area contributed by atoms with Crippen LogP contribution in [0.25, 0.3) is 0 Å². The SMILES string of the molecule is CCCC1CCN(c2cnc(CNC)cn2)C1. The van der Waals surface area contributed by atoms with Crippen LogP contribution in [0.4, 0.5) is 5.82 Å². The summed E-state index contributed by atoms with van der Waals surface area (Å²) in [6.07, 6.45) is 7.70. The molecule has 94 valence electrons. The molecule has 1 N–H and O–H groups in total. The Morgan fingerprint density at radius 1 is 1.41 bits per heavy atom. The average Bonchev–Trinajstić information content (AvgIpc) is 2.80. The molecule has 0 aliphatic carbocycles. The highest BCUT2D eigenvalue weighted by molar-refractivity contribution is 5.37. The van der Waals surface area contributed by atoms with Crippen molar-refractivity contribution in [3.63, 3.8) is 0 Å². The van der Waals surface area contributed by atoms with E-state index in [1.807, 2.05) is 19.4 Å². The Morgan fingerprint density at radius 3 is 2.94 bits per heavy atom. The molecule has 2 heterocycles. The number of aromatic nitrogens is 2. The van der Waals surface area contributed by atoms with Crippen LogP contribution in [0.2, 0.25) is 0 Å². The first-order chi connectivity index (χ1) is 8.33. The summed E-state index contributed by atoms with van der Waals surface area (Å²) < 4.78 is 0. The number of hydrogen-bond donors (Lipinski definition) is 1. The van der Waals surface area contributed by atoms with E-state index in [1.165, 1.54) is 19.3 Å². The second-order valence-electron chi connectivity index (χ2n) is 4.79. The fraction of sp³-hybridized carbons (Fsp3) is 0.692. The van der Waals surface area contributed by atoms with Crippen molar-refractivity contribution in [3.8, 4) is 0 Å². The normalized spacial score (nSPS) is 19.9. The number of nitrogens with zero attached hydrogens (tertiary/aromatic N) is 3. The summed E-state index contributed by atoms with van der Waals surface area (Å²) in [5, 5.41) is 3.08. The average molecular weight is 234 g/mol. The summed E-state index contributed by atoms with van der Waals surface area (Å²) in [6, 6.07) is 0. The molecule has 1 fully saturated rings. The maximum absolute atomic E-state index is 4.50. The largest absolute Gasteiger partial charge is 0.355 e. The number of anilines is 1. The first-order valence-electron chi connectivity index (χ1n) is 6.54. The van der Waals surface area contributed by atoms with Gasteiger partial charge in [0.15, 0.2) is 0 Å². The highest BCUT2D eigenvalue weighted by Crippen LogP contribution is 2.24. The first kappa shape index (κ1) is 12.3. The van der Waals surface area contributed by atoms with Crippen LogP contribution < -0.4 is 10.2 Å². The zero-order valence-corrected chi connectivity index (χ0v) is 10.8. The fourth-order valence-corrected chi connectivity index (χ4v) is 2.47.